The summed E-state index contributed by atoms with van der Waals surface area (Å²) >= 11 is 0. The second-order valence-corrected chi connectivity index (χ2v) is 9.13. The van der Waals surface area contributed by atoms with Crippen LogP contribution in [0.2, 0.25) is 0 Å². The molecule has 6 heteroatoms. The van der Waals surface area contributed by atoms with Gasteiger partial charge in [-0.2, -0.15) is 0 Å². The minimum atomic E-state index is -3.82. The van der Waals surface area contributed by atoms with Crippen molar-refractivity contribution in [2.75, 3.05) is 4.72 Å². The van der Waals surface area contributed by atoms with E-state index < -0.39 is 10.0 Å². The molecule has 0 aliphatic carbocycles. The molecule has 1 aromatic heterocycles. The van der Waals surface area contributed by atoms with Crippen molar-refractivity contribution in [3.8, 4) is 5.75 Å². The molecule has 0 bridgehead atoms. The minimum Gasteiger partial charge on any atom is -0.487 e. The van der Waals surface area contributed by atoms with Crippen LogP contribution in [-0.4, -0.2) is 13.4 Å². The molecule has 158 valence electrons. The highest BCUT2D eigenvalue weighted by molar-refractivity contribution is 7.93. The number of ether oxygens (including phenoxy) is 1. The Morgan fingerprint density at radius 1 is 0.839 bits per heavy atom. The maximum atomic E-state index is 13.2. The van der Waals surface area contributed by atoms with Crippen LogP contribution in [0.25, 0.3) is 10.8 Å². The van der Waals surface area contributed by atoms with E-state index in [4.69, 9.17) is 4.74 Å². The third-order valence-electron chi connectivity index (χ3n) is 5.36. The molecule has 0 atom stereocenters. The number of pyridine rings is 1. The van der Waals surface area contributed by atoms with Gasteiger partial charge in [-0.3, -0.25) is 4.72 Å². The molecule has 31 heavy (non-hydrogen) atoms. The molecule has 0 fully saturated rings. The van der Waals surface area contributed by atoms with Crippen molar-refractivity contribution in [1.82, 2.24) is 4.98 Å². The van der Waals surface area contributed by atoms with Gasteiger partial charge in [0.2, 0.25) is 0 Å². The van der Waals surface area contributed by atoms with Crippen LogP contribution in [0.5, 0.6) is 5.75 Å². The summed E-state index contributed by atoms with van der Waals surface area (Å²) in [6, 6.07) is 22.6. The van der Waals surface area contributed by atoms with Crippen LogP contribution in [0.1, 0.15) is 22.4 Å². The fourth-order valence-corrected chi connectivity index (χ4v) is 4.87. The smallest absolute Gasteiger partial charge is 0.263 e. The highest BCUT2D eigenvalue weighted by Crippen LogP contribution is 2.32. The first-order valence-electron chi connectivity index (χ1n) is 10.0. The van der Waals surface area contributed by atoms with Crippen molar-refractivity contribution in [3.05, 3.63) is 95.2 Å². The molecule has 0 saturated heterocycles. The Bertz CT molecular complexity index is 1350. The summed E-state index contributed by atoms with van der Waals surface area (Å²) in [5.74, 6) is 0.990. The molecule has 1 heterocycles. The zero-order chi connectivity index (χ0) is 22.0. The monoisotopic (exact) mass is 432 g/mol. The van der Waals surface area contributed by atoms with Gasteiger partial charge in [0.15, 0.2) is 0 Å². The molecule has 4 aromatic rings. The first-order valence-corrected chi connectivity index (χ1v) is 11.5. The first-order chi connectivity index (χ1) is 14.9. The van der Waals surface area contributed by atoms with Crippen LogP contribution in [0, 0.1) is 20.8 Å². The standard InChI is InChI=1S/C25H24N2O3S/c1-17-18(2)25(26-19(3)24(17)30-16-20-10-5-4-6-11-20)27-31(28,29)23-15-9-13-21-12-7-8-14-22(21)23/h4-15H,16H2,1-3H3,(H,26,27). The van der Waals surface area contributed by atoms with Gasteiger partial charge in [0.25, 0.3) is 10.0 Å². The summed E-state index contributed by atoms with van der Waals surface area (Å²) in [5.41, 5.74) is 3.28. The van der Waals surface area contributed by atoms with Crippen LogP contribution >= 0.6 is 0 Å². The predicted octanol–water partition coefficient (Wildman–Crippen LogP) is 5.54. The fourth-order valence-electron chi connectivity index (χ4n) is 3.58. The SMILES string of the molecule is Cc1nc(NS(=O)(=O)c2cccc3ccccc23)c(C)c(C)c1OCc1ccccc1. The number of benzene rings is 3. The van der Waals surface area contributed by atoms with Crippen molar-refractivity contribution in [2.24, 2.45) is 0 Å². The number of anilines is 1. The molecule has 3 aromatic carbocycles. The maximum absolute atomic E-state index is 13.2. The van der Waals surface area contributed by atoms with Crippen LogP contribution < -0.4 is 9.46 Å². The van der Waals surface area contributed by atoms with E-state index in [1.807, 2.05) is 75.4 Å². The van der Waals surface area contributed by atoms with E-state index in [1.165, 1.54) is 0 Å². The minimum absolute atomic E-state index is 0.228. The van der Waals surface area contributed by atoms with Crippen molar-refractivity contribution < 1.29 is 13.2 Å². The Hall–Kier alpha value is -3.38. The van der Waals surface area contributed by atoms with E-state index in [0.717, 1.165) is 22.1 Å². The van der Waals surface area contributed by atoms with Gasteiger partial charge in [-0.05, 0) is 48.9 Å². The van der Waals surface area contributed by atoms with E-state index in [9.17, 15) is 8.42 Å². The Balaban J connectivity index is 1.65. The Labute approximate surface area is 182 Å². The summed E-state index contributed by atoms with van der Waals surface area (Å²) in [5, 5.41) is 1.54. The van der Waals surface area contributed by atoms with Gasteiger partial charge in [-0.1, -0.05) is 66.7 Å². The molecule has 0 aliphatic rings. The maximum Gasteiger partial charge on any atom is 0.263 e. The predicted molar refractivity (Wildman–Crippen MR) is 124 cm³/mol. The third kappa shape index (κ3) is 4.25. The van der Waals surface area contributed by atoms with Gasteiger partial charge in [0.1, 0.15) is 18.2 Å². The molecule has 0 radical (unpaired) electrons. The summed E-state index contributed by atoms with van der Waals surface area (Å²) in [6.45, 7) is 6.01. The van der Waals surface area contributed by atoms with Crippen molar-refractivity contribution in [1.29, 1.82) is 0 Å². The quantitative estimate of drug-likeness (QED) is 0.434. The molecule has 4 rings (SSSR count). The summed E-state index contributed by atoms with van der Waals surface area (Å²) < 4.78 is 35.1. The average Bonchev–Trinajstić information content (AvgIpc) is 2.77. The van der Waals surface area contributed by atoms with Crippen molar-refractivity contribution in [3.63, 3.8) is 0 Å². The van der Waals surface area contributed by atoms with Gasteiger partial charge >= 0.3 is 0 Å². The number of aryl methyl sites for hydroxylation is 1. The summed E-state index contributed by atoms with van der Waals surface area (Å²) in [6.07, 6.45) is 0. The number of hydrogen-bond donors (Lipinski definition) is 1. The van der Waals surface area contributed by atoms with Crippen LogP contribution in [0.4, 0.5) is 5.82 Å². The zero-order valence-electron chi connectivity index (χ0n) is 17.7. The summed E-state index contributed by atoms with van der Waals surface area (Å²) in [4.78, 5) is 4.75. The van der Waals surface area contributed by atoms with Gasteiger partial charge in [0, 0.05) is 5.39 Å². The molecule has 0 unspecified atom stereocenters. The zero-order valence-corrected chi connectivity index (χ0v) is 18.5. The number of rotatable bonds is 6. The van der Waals surface area contributed by atoms with E-state index in [-0.39, 0.29) is 4.90 Å². The number of nitrogens with one attached hydrogen (secondary N) is 1. The third-order valence-corrected chi connectivity index (χ3v) is 6.76. The number of hydrogen-bond acceptors (Lipinski definition) is 4. The lowest BCUT2D eigenvalue weighted by Crippen LogP contribution is -2.16. The summed E-state index contributed by atoms with van der Waals surface area (Å²) in [7, 11) is -3.82. The van der Waals surface area contributed by atoms with Gasteiger partial charge < -0.3 is 4.74 Å². The van der Waals surface area contributed by atoms with Gasteiger partial charge in [0.05, 0.1) is 10.6 Å². The highest BCUT2D eigenvalue weighted by atomic mass is 32.2. The molecular formula is C25H24N2O3S. The average molecular weight is 433 g/mol. The number of aromatic nitrogens is 1. The van der Waals surface area contributed by atoms with Crippen molar-refractivity contribution >= 4 is 26.6 Å². The van der Waals surface area contributed by atoms with E-state index in [1.54, 1.807) is 18.2 Å². The molecular weight excluding hydrogens is 408 g/mol. The van der Waals surface area contributed by atoms with E-state index in [2.05, 4.69) is 9.71 Å². The molecule has 5 nitrogen and oxygen atoms in total. The topological polar surface area (TPSA) is 68.3 Å². The lowest BCUT2D eigenvalue weighted by molar-refractivity contribution is 0.300. The molecule has 0 aliphatic heterocycles. The van der Waals surface area contributed by atoms with Crippen LogP contribution in [0.15, 0.2) is 77.7 Å². The second-order valence-electron chi connectivity index (χ2n) is 7.48. The molecule has 0 spiro atoms. The lowest BCUT2D eigenvalue weighted by atomic mass is 10.1. The van der Waals surface area contributed by atoms with Gasteiger partial charge in [-0.25, -0.2) is 13.4 Å². The number of fused-ring (bicyclic) bond motifs is 1. The van der Waals surface area contributed by atoms with Gasteiger partial charge in [-0.15, -0.1) is 0 Å². The molecule has 1 N–H and O–H groups in total. The normalized spacial score (nSPS) is 11.5. The van der Waals surface area contributed by atoms with Crippen LogP contribution in [0.3, 0.4) is 0 Å². The number of nitrogens with zero attached hydrogens (tertiary/aromatic N) is 1. The lowest BCUT2D eigenvalue weighted by Gasteiger charge is -2.18. The molecule has 0 saturated carbocycles. The first kappa shape index (κ1) is 20.9. The highest BCUT2D eigenvalue weighted by Gasteiger charge is 2.21. The van der Waals surface area contributed by atoms with Crippen molar-refractivity contribution in [2.45, 2.75) is 32.3 Å². The van der Waals surface area contributed by atoms with E-state index >= 15 is 0 Å². The van der Waals surface area contributed by atoms with Crippen LogP contribution in [-0.2, 0) is 16.6 Å². The number of sulfonamides is 1. The fraction of sp³-hybridized carbons (Fsp3) is 0.160. The Morgan fingerprint density at radius 3 is 2.29 bits per heavy atom. The Kier molecular flexibility index (Phi) is 5.65. The second kappa shape index (κ2) is 8.40. The Morgan fingerprint density at radius 2 is 1.52 bits per heavy atom. The molecule has 0 amide bonds. The van der Waals surface area contributed by atoms with E-state index in [0.29, 0.717) is 29.3 Å². The largest absolute Gasteiger partial charge is 0.487 e.